The Morgan fingerprint density at radius 3 is 2.87 bits per heavy atom. The summed E-state index contributed by atoms with van der Waals surface area (Å²) in [6.45, 7) is 3.89. The summed E-state index contributed by atoms with van der Waals surface area (Å²) in [7, 11) is 1.76. The van der Waals surface area contributed by atoms with E-state index in [9.17, 15) is 4.79 Å². The lowest BCUT2D eigenvalue weighted by Gasteiger charge is -2.44. The Kier molecular flexibility index (Phi) is 3.71. The quantitative estimate of drug-likeness (QED) is 0.895. The number of nitrogens with zero attached hydrogens (tertiary/aromatic N) is 4. The summed E-state index contributed by atoms with van der Waals surface area (Å²) in [5.74, 6) is 1.79. The molecule has 3 aliphatic rings. The molecule has 0 unspecified atom stereocenters. The molecule has 0 radical (unpaired) electrons. The molecule has 1 amide bonds. The molecule has 1 aliphatic carbocycles. The van der Waals surface area contributed by atoms with Crippen molar-refractivity contribution in [3.8, 4) is 0 Å². The Bertz CT molecular complexity index is 576. The molecule has 4 rings (SSSR count). The number of fused-ring (bicyclic) bond motifs is 1. The van der Waals surface area contributed by atoms with Crippen LogP contribution in [0.3, 0.4) is 0 Å². The Morgan fingerprint density at radius 2 is 2.17 bits per heavy atom. The molecule has 2 saturated heterocycles. The van der Waals surface area contributed by atoms with E-state index < -0.39 is 0 Å². The van der Waals surface area contributed by atoms with Crippen molar-refractivity contribution in [2.24, 2.45) is 11.3 Å². The van der Waals surface area contributed by atoms with Crippen LogP contribution in [0.25, 0.3) is 0 Å². The zero-order chi connectivity index (χ0) is 15.9. The van der Waals surface area contributed by atoms with Crippen molar-refractivity contribution < 1.29 is 4.79 Å². The Hall–Kier alpha value is -1.69. The highest BCUT2D eigenvalue weighted by atomic mass is 16.2. The largest absolute Gasteiger partial charge is 0.359 e. The fraction of sp³-hybridized carbons (Fsp3) is 0.706. The van der Waals surface area contributed by atoms with E-state index in [0.29, 0.717) is 0 Å². The average molecular weight is 315 g/mol. The van der Waals surface area contributed by atoms with E-state index in [0.717, 1.165) is 50.9 Å². The van der Waals surface area contributed by atoms with Gasteiger partial charge in [-0.1, -0.05) is 0 Å². The zero-order valence-corrected chi connectivity index (χ0v) is 13.7. The summed E-state index contributed by atoms with van der Waals surface area (Å²) in [6.07, 6.45) is 8.24. The predicted octanol–water partition coefficient (Wildman–Crippen LogP) is 0.903. The van der Waals surface area contributed by atoms with Crippen LogP contribution in [0.15, 0.2) is 18.5 Å². The van der Waals surface area contributed by atoms with Crippen LogP contribution in [0.1, 0.15) is 25.7 Å². The van der Waals surface area contributed by atoms with Gasteiger partial charge in [-0.25, -0.2) is 9.97 Å². The molecule has 3 heterocycles. The molecule has 2 aliphatic heterocycles. The van der Waals surface area contributed by atoms with Gasteiger partial charge in [0.2, 0.25) is 11.9 Å². The summed E-state index contributed by atoms with van der Waals surface area (Å²) in [6, 6.07) is 2.02. The molecule has 6 heteroatoms. The number of likely N-dealkylation sites (tertiary alicyclic amines) is 1. The highest BCUT2D eigenvalue weighted by Gasteiger charge is 2.56. The number of aromatic nitrogens is 2. The van der Waals surface area contributed by atoms with Crippen molar-refractivity contribution in [3.63, 3.8) is 0 Å². The fourth-order valence-electron chi connectivity index (χ4n) is 4.42. The minimum absolute atomic E-state index is 0.178. The van der Waals surface area contributed by atoms with E-state index in [1.54, 1.807) is 19.4 Å². The monoisotopic (exact) mass is 315 g/mol. The minimum atomic E-state index is -0.318. The van der Waals surface area contributed by atoms with Gasteiger partial charge in [-0.15, -0.1) is 0 Å². The summed E-state index contributed by atoms with van der Waals surface area (Å²) < 4.78 is 0. The van der Waals surface area contributed by atoms with Gasteiger partial charge in [0.15, 0.2) is 0 Å². The Labute approximate surface area is 137 Å². The number of nitrogens with one attached hydrogen (secondary N) is 1. The minimum Gasteiger partial charge on any atom is -0.359 e. The maximum absolute atomic E-state index is 12.8. The first-order chi connectivity index (χ1) is 11.2. The predicted molar refractivity (Wildman–Crippen MR) is 88.1 cm³/mol. The number of carbonyl (C=O) groups excluding carboxylic acids is 1. The van der Waals surface area contributed by atoms with Crippen LogP contribution in [-0.2, 0) is 4.79 Å². The van der Waals surface area contributed by atoms with Crippen LogP contribution >= 0.6 is 0 Å². The van der Waals surface area contributed by atoms with Crippen molar-refractivity contribution in [2.45, 2.75) is 31.7 Å². The van der Waals surface area contributed by atoms with Crippen molar-refractivity contribution in [1.29, 1.82) is 0 Å². The van der Waals surface area contributed by atoms with Gasteiger partial charge < -0.3 is 10.2 Å². The van der Waals surface area contributed by atoms with Crippen LogP contribution in [0.2, 0.25) is 0 Å². The number of anilines is 1. The highest BCUT2D eigenvalue weighted by molar-refractivity contribution is 5.85. The zero-order valence-electron chi connectivity index (χ0n) is 13.7. The van der Waals surface area contributed by atoms with E-state index in [2.05, 4.69) is 25.1 Å². The molecule has 0 aromatic carbocycles. The average Bonchev–Trinajstić information content (AvgIpc) is 3.31. The molecule has 0 bridgehead atoms. The standard InChI is InChI=1S/C17H25N5O/c1-18-15(23)17-6-2-9-22(16-19-7-3-8-20-16)14(17)11-21(12-17)10-13-4-5-13/h3,7-8,13-14H,2,4-6,9-12H2,1H3,(H,18,23)/t14-,17-/m1/s1. The van der Waals surface area contributed by atoms with Gasteiger partial charge in [-0.2, -0.15) is 0 Å². The molecule has 124 valence electrons. The van der Waals surface area contributed by atoms with Gasteiger partial charge in [0, 0.05) is 45.6 Å². The van der Waals surface area contributed by atoms with E-state index in [1.165, 1.54) is 12.8 Å². The Morgan fingerprint density at radius 1 is 1.39 bits per heavy atom. The number of piperidine rings is 1. The van der Waals surface area contributed by atoms with Crippen LogP contribution < -0.4 is 10.2 Å². The van der Waals surface area contributed by atoms with Crippen LogP contribution in [-0.4, -0.2) is 60.0 Å². The normalized spacial score (nSPS) is 31.0. The molecule has 3 fully saturated rings. The topological polar surface area (TPSA) is 61.4 Å². The van der Waals surface area contributed by atoms with Crippen molar-refractivity contribution in [3.05, 3.63) is 18.5 Å². The van der Waals surface area contributed by atoms with Crippen LogP contribution in [0.5, 0.6) is 0 Å². The van der Waals surface area contributed by atoms with Gasteiger partial charge in [-0.3, -0.25) is 9.69 Å². The maximum Gasteiger partial charge on any atom is 0.229 e. The first-order valence-electron chi connectivity index (χ1n) is 8.71. The van der Waals surface area contributed by atoms with Gasteiger partial charge in [-0.05, 0) is 37.7 Å². The molecule has 1 saturated carbocycles. The van der Waals surface area contributed by atoms with Crippen molar-refractivity contribution in [2.75, 3.05) is 38.1 Å². The molecular formula is C17H25N5O. The van der Waals surface area contributed by atoms with Gasteiger partial charge in [0.1, 0.15) is 0 Å². The third-order valence-electron chi connectivity index (χ3n) is 5.67. The third-order valence-corrected chi connectivity index (χ3v) is 5.67. The smallest absolute Gasteiger partial charge is 0.229 e. The van der Waals surface area contributed by atoms with E-state index in [4.69, 9.17) is 0 Å². The molecular weight excluding hydrogens is 290 g/mol. The van der Waals surface area contributed by atoms with Crippen molar-refractivity contribution >= 4 is 11.9 Å². The highest BCUT2D eigenvalue weighted by Crippen LogP contribution is 2.44. The lowest BCUT2D eigenvalue weighted by molar-refractivity contribution is -0.131. The SMILES string of the molecule is CNC(=O)[C@@]12CCCN(c3ncccn3)[C@@H]1CN(CC1CC1)C2. The lowest BCUT2D eigenvalue weighted by atomic mass is 9.74. The molecule has 1 aromatic rings. The molecule has 2 atom stereocenters. The number of rotatable bonds is 4. The van der Waals surface area contributed by atoms with E-state index in [-0.39, 0.29) is 17.4 Å². The number of carbonyl (C=O) groups is 1. The second-order valence-corrected chi connectivity index (χ2v) is 7.23. The van der Waals surface area contributed by atoms with E-state index >= 15 is 0 Å². The number of hydrogen-bond acceptors (Lipinski definition) is 5. The van der Waals surface area contributed by atoms with E-state index in [1.807, 2.05) is 6.07 Å². The first kappa shape index (κ1) is 14.9. The second kappa shape index (κ2) is 5.74. The Balaban J connectivity index is 1.64. The summed E-state index contributed by atoms with van der Waals surface area (Å²) in [5.41, 5.74) is -0.318. The van der Waals surface area contributed by atoms with Crippen LogP contribution in [0.4, 0.5) is 5.95 Å². The molecule has 6 nitrogen and oxygen atoms in total. The lowest BCUT2D eigenvalue weighted by Crippen LogP contribution is -2.58. The first-order valence-corrected chi connectivity index (χ1v) is 8.71. The molecule has 1 aromatic heterocycles. The second-order valence-electron chi connectivity index (χ2n) is 7.23. The molecule has 23 heavy (non-hydrogen) atoms. The maximum atomic E-state index is 12.8. The molecule has 1 N–H and O–H groups in total. The van der Waals surface area contributed by atoms with Crippen LogP contribution in [0, 0.1) is 11.3 Å². The third kappa shape index (κ3) is 2.59. The number of hydrogen-bond donors (Lipinski definition) is 1. The fourth-order valence-corrected chi connectivity index (χ4v) is 4.42. The number of amides is 1. The van der Waals surface area contributed by atoms with Gasteiger partial charge in [0.25, 0.3) is 0 Å². The summed E-state index contributed by atoms with van der Waals surface area (Å²) in [5, 5.41) is 2.93. The van der Waals surface area contributed by atoms with Crippen molar-refractivity contribution in [1.82, 2.24) is 20.2 Å². The van der Waals surface area contributed by atoms with Gasteiger partial charge >= 0.3 is 0 Å². The van der Waals surface area contributed by atoms with Gasteiger partial charge in [0.05, 0.1) is 11.5 Å². The summed E-state index contributed by atoms with van der Waals surface area (Å²) in [4.78, 5) is 26.4. The molecule has 0 spiro atoms. The summed E-state index contributed by atoms with van der Waals surface area (Å²) >= 11 is 0.